The molecule has 5 nitrogen and oxygen atoms in total. The fourth-order valence-corrected chi connectivity index (χ4v) is 2.05. The zero-order valence-electron chi connectivity index (χ0n) is 10.6. The highest BCUT2D eigenvalue weighted by molar-refractivity contribution is 7.90. The number of hydrogen-bond acceptors (Lipinski definition) is 4. The van der Waals surface area contributed by atoms with Gasteiger partial charge in [-0.3, -0.25) is 4.79 Å². The molecule has 0 bridgehead atoms. The summed E-state index contributed by atoms with van der Waals surface area (Å²) in [5.74, 6) is -0.143. The van der Waals surface area contributed by atoms with Crippen LogP contribution in [0.2, 0.25) is 0 Å². The van der Waals surface area contributed by atoms with Crippen LogP contribution in [0.3, 0.4) is 0 Å². The van der Waals surface area contributed by atoms with E-state index in [0.29, 0.717) is 5.69 Å². The lowest BCUT2D eigenvalue weighted by Gasteiger charge is -2.16. The van der Waals surface area contributed by atoms with E-state index in [2.05, 4.69) is 0 Å². The van der Waals surface area contributed by atoms with Gasteiger partial charge in [-0.05, 0) is 17.7 Å². The Hall–Kier alpha value is -1.56. The van der Waals surface area contributed by atoms with E-state index in [1.807, 2.05) is 6.07 Å². The molecule has 18 heavy (non-hydrogen) atoms. The van der Waals surface area contributed by atoms with Gasteiger partial charge in [0, 0.05) is 25.5 Å². The van der Waals surface area contributed by atoms with Gasteiger partial charge in [0.15, 0.2) is 0 Å². The SMILES string of the molecule is CN(CCS(C)(=O)=O)C(=O)Cc1cccc(N)c1. The minimum Gasteiger partial charge on any atom is -0.399 e. The first kappa shape index (κ1) is 14.5. The molecule has 0 aliphatic heterocycles. The number of nitrogen functional groups attached to an aromatic ring is 1. The van der Waals surface area contributed by atoms with E-state index >= 15 is 0 Å². The summed E-state index contributed by atoms with van der Waals surface area (Å²) in [6.45, 7) is 0.208. The second-order valence-electron chi connectivity index (χ2n) is 4.37. The number of likely N-dealkylation sites (N-methyl/N-ethyl adjacent to an activating group) is 1. The second-order valence-corrected chi connectivity index (χ2v) is 6.63. The molecule has 0 aromatic heterocycles. The summed E-state index contributed by atoms with van der Waals surface area (Å²) in [5.41, 5.74) is 7.06. The number of nitrogens with two attached hydrogens (primary N) is 1. The first-order valence-corrected chi connectivity index (χ1v) is 7.60. The molecule has 0 spiro atoms. The first-order chi connectivity index (χ1) is 8.28. The molecule has 1 amide bonds. The summed E-state index contributed by atoms with van der Waals surface area (Å²) in [6.07, 6.45) is 1.38. The van der Waals surface area contributed by atoms with Crippen molar-refractivity contribution in [2.75, 3.05) is 31.3 Å². The number of amides is 1. The molecule has 0 atom stereocenters. The molecule has 0 heterocycles. The highest BCUT2D eigenvalue weighted by Crippen LogP contribution is 2.08. The Morgan fingerprint density at radius 2 is 2.06 bits per heavy atom. The van der Waals surface area contributed by atoms with E-state index in [0.717, 1.165) is 11.8 Å². The number of anilines is 1. The normalized spacial score (nSPS) is 11.2. The molecule has 1 rings (SSSR count). The summed E-state index contributed by atoms with van der Waals surface area (Å²) in [5, 5.41) is 0. The maximum absolute atomic E-state index is 11.8. The molecule has 0 saturated heterocycles. The van der Waals surface area contributed by atoms with Gasteiger partial charge in [0.05, 0.1) is 12.2 Å². The minimum atomic E-state index is -3.05. The van der Waals surface area contributed by atoms with Crippen LogP contribution in [0.15, 0.2) is 24.3 Å². The number of sulfone groups is 1. The van der Waals surface area contributed by atoms with Crippen molar-refractivity contribution in [2.24, 2.45) is 0 Å². The molecular weight excluding hydrogens is 252 g/mol. The topological polar surface area (TPSA) is 80.5 Å². The second kappa shape index (κ2) is 5.86. The Morgan fingerprint density at radius 1 is 1.39 bits per heavy atom. The Balaban J connectivity index is 2.55. The van der Waals surface area contributed by atoms with E-state index < -0.39 is 9.84 Å². The molecular formula is C12H18N2O3S. The van der Waals surface area contributed by atoms with E-state index in [1.165, 1.54) is 4.90 Å². The molecule has 2 N–H and O–H groups in total. The molecule has 1 aromatic carbocycles. The van der Waals surface area contributed by atoms with Crippen molar-refractivity contribution >= 4 is 21.4 Å². The average Bonchev–Trinajstić information content (AvgIpc) is 2.24. The maximum Gasteiger partial charge on any atom is 0.226 e. The van der Waals surface area contributed by atoms with Crippen LogP contribution >= 0.6 is 0 Å². The minimum absolute atomic E-state index is 0.0217. The molecule has 6 heteroatoms. The van der Waals surface area contributed by atoms with Gasteiger partial charge in [-0.15, -0.1) is 0 Å². The van der Waals surface area contributed by atoms with Crippen molar-refractivity contribution in [3.63, 3.8) is 0 Å². The Labute approximate surface area is 108 Å². The summed E-state index contributed by atoms with van der Waals surface area (Å²) in [7, 11) is -1.45. The van der Waals surface area contributed by atoms with Gasteiger partial charge in [0.25, 0.3) is 0 Å². The zero-order chi connectivity index (χ0) is 13.8. The van der Waals surface area contributed by atoms with Gasteiger partial charge in [0.1, 0.15) is 9.84 Å². The lowest BCUT2D eigenvalue weighted by Crippen LogP contribution is -2.32. The maximum atomic E-state index is 11.8. The number of rotatable bonds is 5. The van der Waals surface area contributed by atoms with Crippen LogP contribution < -0.4 is 5.73 Å². The molecule has 0 aliphatic rings. The quantitative estimate of drug-likeness (QED) is 0.781. The number of benzene rings is 1. The van der Waals surface area contributed by atoms with Gasteiger partial charge in [-0.25, -0.2) is 8.42 Å². The number of hydrogen-bond donors (Lipinski definition) is 1. The van der Waals surface area contributed by atoms with Crippen LogP contribution in [-0.2, 0) is 21.1 Å². The van der Waals surface area contributed by atoms with Gasteiger partial charge in [-0.1, -0.05) is 12.1 Å². The Morgan fingerprint density at radius 3 is 2.61 bits per heavy atom. The fraction of sp³-hybridized carbons (Fsp3) is 0.417. The molecule has 0 unspecified atom stereocenters. The van der Waals surface area contributed by atoms with Crippen molar-refractivity contribution in [3.05, 3.63) is 29.8 Å². The number of carbonyl (C=O) groups is 1. The fourth-order valence-electron chi connectivity index (χ4n) is 1.44. The zero-order valence-corrected chi connectivity index (χ0v) is 11.4. The van der Waals surface area contributed by atoms with Gasteiger partial charge >= 0.3 is 0 Å². The summed E-state index contributed by atoms with van der Waals surface area (Å²) in [4.78, 5) is 13.3. The van der Waals surface area contributed by atoms with Crippen LogP contribution in [0, 0.1) is 0 Å². The Kier molecular flexibility index (Phi) is 4.72. The molecule has 0 aliphatic carbocycles. The van der Waals surface area contributed by atoms with Gasteiger partial charge in [-0.2, -0.15) is 0 Å². The van der Waals surface area contributed by atoms with Crippen molar-refractivity contribution in [1.82, 2.24) is 4.90 Å². The summed E-state index contributed by atoms with van der Waals surface area (Å²) >= 11 is 0. The third kappa shape index (κ3) is 5.18. The largest absolute Gasteiger partial charge is 0.399 e. The smallest absolute Gasteiger partial charge is 0.226 e. The number of nitrogens with zero attached hydrogens (tertiary/aromatic N) is 1. The molecule has 0 radical (unpaired) electrons. The van der Waals surface area contributed by atoms with E-state index in [1.54, 1.807) is 25.2 Å². The van der Waals surface area contributed by atoms with Crippen LogP contribution in [0.5, 0.6) is 0 Å². The monoisotopic (exact) mass is 270 g/mol. The Bertz CT molecular complexity index is 526. The van der Waals surface area contributed by atoms with Crippen LogP contribution in [0.4, 0.5) is 5.69 Å². The van der Waals surface area contributed by atoms with E-state index in [9.17, 15) is 13.2 Å². The van der Waals surface area contributed by atoms with Crippen molar-refractivity contribution in [2.45, 2.75) is 6.42 Å². The average molecular weight is 270 g/mol. The summed E-state index contributed by atoms with van der Waals surface area (Å²) in [6, 6.07) is 7.09. The van der Waals surface area contributed by atoms with E-state index in [-0.39, 0.29) is 24.6 Å². The molecule has 1 aromatic rings. The molecule has 100 valence electrons. The van der Waals surface area contributed by atoms with Crippen molar-refractivity contribution in [1.29, 1.82) is 0 Å². The third-order valence-corrected chi connectivity index (χ3v) is 3.45. The third-order valence-electron chi connectivity index (χ3n) is 2.53. The first-order valence-electron chi connectivity index (χ1n) is 5.54. The lowest BCUT2D eigenvalue weighted by atomic mass is 10.1. The predicted molar refractivity (Wildman–Crippen MR) is 71.9 cm³/mol. The molecule has 0 fully saturated rings. The van der Waals surface area contributed by atoms with Crippen LogP contribution in [0.25, 0.3) is 0 Å². The lowest BCUT2D eigenvalue weighted by molar-refractivity contribution is -0.128. The standard InChI is InChI=1S/C12H18N2O3S/c1-14(6-7-18(2,16)17)12(15)9-10-4-3-5-11(13)8-10/h3-5,8H,6-7,9,13H2,1-2H3. The highest BCUT2D eigenvalue weighted by atomic mass is 32.2. The number of carbonyl (C=O) groups excluding carboxylic acids is 1. The van der Waals surface area contributed by atoms with Crippen LogP contribution in [-0.4, -0.2) is 44.8 Å². The van der Waals surface area contributed by atoms with Gasteiger partial charge in [0.2, 0.25) is 5.91 Å². The van der Waals surface area contributed by atoms with Gasteiger partial charge < -0.3 is 10.6 Å². The summed E-state index contributed by atoms with van der Waals surface area (Å²) < 4.78 is 22.0. The van der Waals surface area contributed by atoms with Crippen molar-refractivity contribution in [3.8, 4) is 0 Å². The van der Waals surface area contributed by atoms with E-state index in [4.69, 9.17) is 5.73 Å². The highest BCUT2D eigenvalue weighted by Gasteiger charge is 2.12. The predicted octanol–water partition coefficient (Wildman–Crippen LogP) is 0.314. The molecule has 0 saturated carbocycles. The van der Waals surface area contributed by atoms with Crippen molar-refractivity contribution < 1.29 is 13.2 Å². The van der Waals surface area contributed by atoms with Crippen LogP contribution in [0.1, 0.15) is 5.56 Å².